The number of hydrogen-bond donors (Lipinski definition) is 1. The quantitative estimate of drug-likeness (QED) is 0.267. The van der Waals surface area contributed by atoms with Crippen LogP contribution in [0.25, 0.3) is 11.0 Å². The number of amides is 2. The molecule has 2 amide bonds. The first kappa shape index (κ1) is 30.8. The number of benzene rings is 2. The number of para-hydroxylation sites is 1. The Balaban J connectivity index is 1.24. The molecule has 10 nitrogen and oxygen atoms in total. The molecule has 1 saturated carbocycles. The number of likely N-dealkylation sites (tertiary alicyclic amines) is 1. The minimum Gasteiger partial charge on any atom is -0.493 e. The summed E-state index contributed by atoms with van der Waals surface area (Å²) < 4.78 is 13.2. The van der Waals surface area contributed by atoms with Gasteiger partial charge in [-0.2, -0.15) is 5.10 Å². The van der Waals surface area contributed by atoms with Crippen LogP contribution < -0.4 is 15.5 Å². The fourth-order valence-corrected chi connectivity index (χ4v) is 7.28. The third-order valence-corrected chi connectivity index (χ3v) is 9.86. The van der Waals surface area contributed by atoms with E-state index in [2.05, 4.69) is 15.4 Å². The lowest BCUT2D eigenvalue weighted by molar-refractivity contribution is -0.136. The van der Waals surface area contributed by atoms with Crippen LogP contribution in [0.3, 0.4) is 0 Å². The van der Waals surface area contributed by atoms with Crippen LogP contribution in [-0.2, 0) is 17.8 Å². The first-order valence-corrected chi connectivity index (χ1v) is 16.0. The molecular weight excluding hydrogens is 594 g/mol. The van der Waals surface area contributed by atoms with Crippen molar-refractivity contribution < 1.29 is 18.7 Å². The van der Waals surface area contributed by atoms with Gasteiger partial charge in [-0.3, -0.25) is 19.1 Å². The summed E-state index contributed by atoms with van der Waals surface area (Å²) in [6, 6.07) is 12.5. The molecule has 1 saturated heterocycles. The minimum absolute atomic E-state index is 0.0351. The summed E-state index contributed by atoms with van der Waals surface area (Å²) in [4.78, 5) is 46.6. The highest BCUT2D eigenvalue weighted by Crippen LogP contribution is 2.47. The molecule has 4 aromatic rings. The molecule has 0 unspecified atom stereocenters. The molecule has 1 aliphatic heterocycles. The van der Waals surface area contributed by atoms with Crippen LogP contribution in [0.2, 0.25) is 5.02 Å². The topological polar surface area (TPSA) is 120 Å². The van der Waals surface area contributed by atoms with Gasteiger partial charge in [-0.05, 0) is 66.8 Å². The SMILES string of the molecule is COc1cccc2c(=O)cc(C(=O)N[C@H](Cc3ccc(Cl)cc3)C(=O)N3CCC(Cn4cncn4)(C4CCCCC4)CC3)oc12. The summed E-state index contributed by atoms with van der Waals surface area (Å²) in [5, 5.41) is 8.19. The smallest absolute Gasteiger partial charge is 0.287 e. The summed E-state index contributed by atoms with van der Waals surface area (Å²) in [5.74, 6) is -0.0866. The number of carbonyl (C=O) groups is 2. The van der Waals surface area contributed by atoms with Crippen molar-refractivity contribution in [1.29, 1.82) is 0 Å². The molecule has 2 fully saturated rings. The maximum atomic E-state index is 14.2. The third-order valence-electron chi connectivity index (χ3n) is 9.60. The van der Waals surface area contributed by atoms with E-state index in [1.807, 2.05) is 21.7 Å². The molecule has 1 N–H and O–H groups in total. The van der Waals surface area contributed by atoms with E-state index in [1.54, 1.807) is 43.0 Å². The number of nitrogens with zero attached hydrogens (tertiary/aromatic N) is 4. The lowest BCUT2D eigenvalue weighted by Gasteiger charge is -2.48. The second-order valence-corrected chi connectivity index (χ2v) is 12.7. The molecule has 45 heavy (non-hydrogen) atoms. The van der Waals surface area contributed by atoms with Gasteiger partial charge in [-0.15, -0.1) is 0 Å². The van der Waals surface area contributed by atoms with E-state index in [0.29, 0.717) is 35.2 Å². The fourth-order valence-electron chi connectivity index (χ4n) is 7.15. The molecule has 2 aliphatic rings. The fraction of sp³-hybridized carbons (Fsp3) is 0.441. The first-order valence-electron chi connectivity index (χ1n) is 15.6. The van der Waals surface area contributed by atoms with E-state index in [1.165, 1.54) is 39.2 Å². The van der Waals surface area contributed by atoms with Crippen molar-refractivity contribution in [2.24, 2.45) is 11.3 Å². The number of nitrogens with one attached hydrogen (secondary N) is 1. The Morgan fingerprint density at radius 1 is 1.11 bits per heavy atom. The summed E-state index contributed by atoms with van der Waals surface area (Å²) in [7, 11) is 1.47. The van der Waals surface area contributed by atoms with Gasteiger partial charge in [0.05, 0.1) is 12.5 Å². The van der Waals surface area contributed by atoms with Crippen LogP contribution in [0.4, 0.5) is 0 Å². The maximum Gasteiger partial charge on any atom is 0.287 e. The highest BCUT2D eigenvalue weighted by molar-refractivity contribution is 6.30. The van der Waals surface area contributed by atoms with E-state index in [4.69, 9.17) is 20.8 Å². The Morgan fingerprint density at radius 2 is 1.87 bits per heavy atom. The molecule has 1 aliphatic carbocycles. The van der Waals surface area contributed by atoms with E-state index in [9.17, 15) is 14.4 Å². The zero-order chi connectivity index (χ0) is 31.4. The van der Waals surface area contributed by atoms with Gasteiger partial charge in [0.25, 0.3) is 5.91 Å². The van der Waals surface area contributed by atoms with E-state index in [-0.39, 0.29) is 34.5 Å². The van der Waals surface area contributed by atoms with Crippen molar-refractivity contribution in [3.63, 3.8) is 0 Å². The molecular formula is C34H38ClN5O5. The van der Waals surface area contributed by atoms with E-state index < -0.39 is 11.9 Å². The lowest BCUT2D eigenvalue weighted by Crippen LogP contribution is -2.54. The summed E-state index contributed by atoms with van der Waals surface area (Å²) in [6.45, 7) is 1.95. The number of halogens is 1. The summed E-state index contributed by atoms with van der Waals surface area (Å²) in [5.41, 5.74) is 0.691. The van der Waals surface area contributed by atoms with Crippen LogP contribution in [0.1, 0.15) is 61.1 Å². The number of carbonyl (C=O) groups excluding carboxylic acids is 2. The summed E-state index contributed by atoms with van der Waals surface area (Å²) >= 11 is 6.12. The Morgan fingerprint density at radius 3 is 2.56 bits per heavy atom. The largest absolute Gasteiger partial charge is 0.493 e. The highest BCUT2D eigenvalue weighted by atomic mass is 35.5. The molecule has 6 rings (SSSR count). The molecule has 0 radical (unpaired) electrons. The van der Waals surface area contributed by atoms with Gasteiger partial charge in [0.2, 0.25) is 5.91 Å². The monoisotopic (exact) mass is 631 g/mol. The van der Waals surface area contributed by atoms with Crippen molar-refractivity contribution in [1.82, 2.24) is 25.0 Å². The molecule has 2 aromatic carbocycles. The number of hydrogen-bond acceptors (Lipinski definition) is 7. The van der Waals surface area contributed by atoms with Crippen molar-refractivity contribution in [3.05, 3.63) is 87.8 Å². The molecule has 236 valence electrons. The zero-order valence-electron chi connectivity index (χ0n) is 25.4. The van der Waals surface area contributed by atoms with Crippen LogP contribution >= 0.6 is 11.6 Å². The number of rotatable bonds is 9. The molecule has 11 heteroatoms. The highest BCUT2D eigenvalue weighted by Gasteiger charge is 2.44. The summed E-state index contributed by atoms with van der Waals surface area (Å²) in [6.07, 6.45) is 11.4. The minimum atomic E-state index is -0.880. The van der Waals surface area contributed by atoms with E-state index >= 15 is 0 Å². The predicted molar refractivity (Wildman–Crippen MR) is 170 cm³/mol. The standard InChI is InChI=1S/C34H38ClN5O5/c1-44-29-9-5-8-26-28(41)19-30(45-31(26)29)32(42)38-27(18-23-10-12-25(35)13-11-23)33(43)39-16-14-34(15-17-39,20-40-22-36-21-37-40)24-6-3-2-4-7-24/h5,8-13,19,21-22,24,27H,2-4,6-7,14-18,20H2,1H3,(H,38,42)/t27-/m1/s1. The van der Waals surface area contributed by atoms with E-state index in [0.717, 1.165) is 31.0 Å². The first-order chi connectivity index (χ1) is 21.8. The van der Waals surface area contributed by atoms with Crippen molar-refractivity contribution in [2.75, 3.05) is 20.2 Å². The Labute approximate surface area is 266 Å². The average molecular weight is 632 g/mol. The number of fused-ring (bicyclic) bond motifs is 1. The van der Waals surface area contributed by atoms with Crippen molar-refractivity contribution in [3.8, 4) is 5.75 Å². The normalized spacial score (nSPS) is 17.6. The molecule has 0 bridgehead atoms. The molecule has 3 heterocycles. The number of aromatic nitrogens is 3. The average Bonchev–Trinajstić information content (AvgIpc) is 3.58. The molecule has 2 aromatic heterocycles. The van der Waals surface area contributed by atoms with Crippen LogP contribution in [0.5, 0.6) is 5.75 Å². The second kappa shape index (κ2) is 13.4. The number of ether oxygens (including phenoxy) is 1. The number of methoxy groups -OCH3 is 1. The van der Waals surface area contributed by atoms with Gasteiger partial charge in [-0.25, -0.2) is 4.98 Å². The van der Waals surface area contributed by atoms with Gasteiger partial charge in [0.1, 0.15) is 18.7 Å². The number of piperidine rings is 1. The third kappa shape index (κ3) is 6.76. The van der Waals surface area contributed by atoms with Gasteiger partial charge < -0.3 is 19.4 Å². The second-order valence-electron chi connectivity index (χ2n) is 12.3. The molecule has 0 spiro atoms. The van der Waals surface area contributed by atoms with Crippen LogP contribution in [-0.4, -0.2) is 57.7 Å². The zero-order valence-corrected chi connectivity index (χ0v) is 26.2. The van der Waals surface area contributed by atoms with Gasteiger partial charge in [-0.1, -0.05) is 49.1 Å². The van der Waals surface area contributed by atoms with Crippen molar-refractivity contribution in [2.45, 2.75) is 64.0 Å². The van der Waals surface area contributed by atoms with Crippen LogP contribution in [0, 0.1) is 11.3 Å². The Bertz CT molecular complexity index is 1690. The van der Waals surface area contributed by atoms with Crippen molar-refractivity contribution >= 4 is 34.4 Å². The maximum absolute atomic E-state index is 14.2. The van der Waals surface area contributed by atoms with Crippen LogP contribution in [0.15, 0.2) is 70.4 Å². The Kier molecular flexibility index (Phi) is 9.21. The Hall–Kier alpha value is -4.18. The van der Waals surface area contributed by atoms with Gasteiger partial charge in [0, 0.05) is 37.1 Å². The van der Waals surface area contributed by atoms with Gasteiger partial charge in [0.15, 0.2) is 22.5 Å². The lowest BCUT2D eigenvalue weighted by atomic mass is 9.63. The predicted octanol–water partition coefficient (Wildman–Crippen LogP) is 5.28. The molecule has 1 atom stereocenters. The van der Waals surface area contributed by atoms with Gasteiger partial charge >= 0.3 is 0 Å².